The third-order valence-electron chi connectivity index (χ3n) is 12.8. The van der Waals surface area contributed by atoms with Crippen LogP contribution < -0.4 is 0 Å². The predicted octanol–water partition coefficient (Wildman–Crippen LogP) is 3.58. The van der Waals surface area contributed by atoms with Crippen LogP contribution in [0.2, 0.25) is 0 Å². The molecule has 3 heterocycles. The summed E-state index contributed by atoms with van der Waals surface area (Å²) in [5, 5.41) is 23.3. The first-order valence-corrected chi connectivity index (χ1v) is 20.7. The Kier molecular flexibility index (Phi) is 17.3. The molecule has 2 N–H and O–H groups in total. The fourth-order valence-corrected chi connectivity index (χ4v) is 9.27. The molecular formula is C42H73NO15. The van der Waals surface area contributed by atoms with Crippen molar-refractivity contribution in [3.05, 3.63) is 0 Å². The molecule has 3 fully saturated rings. The van der Waals surface area contributed by atoms with Gasteiger partial charge in [-0.3, -0.25) is 19.2 Å². The van der Waals surface area contributed by atoms with E-state index in [-0.39, 0.29) is 37.2 Å². The van der Waals surface area contributed by atoms with Crippen LogP contribution in [0.15, 0.2) is 0 Å². The van der Waals surface area contributed by atoms with E-state index in [1.54, 1.807) is 48.5 Å². The smallest absolute Gasteiger partial charge is 0.311 e. The van der Waals surface area contributed by atoms with Gasteiger partial charge in [0, 0.05) is 52.2 Å². The maximum Gasteiger partial charge on any atom is 0.311 e. The third-order valence-corrected chi connectivity index (χ3v) is 12.8. The molecule has 0 aromatic carbocycles. The highest BCUT2D eigenvalue weighted by Gasteiger charge is 2.55. The average molecular weight is 832 g/mol. The molecule has 58 heavy (non-hydrogen) atoms. The zero-order chi connectivity index (χ0) is 44.2. The summed E-state index contributed by atoms with van der Waals surface area (Å²) < 4.78 is 56.4. The molecule has 0 aromatic heterocycles. The number of cyclic esters (lactones) is 1. The number of Topliss-reactive ketones (excluding diaryl/α,β-unsaturated/α-hetero) is 1. The van der Waals surface area contributed by atoms with Crippen molar-refractivity contribution in [3.63, 3.8) is 0 Å². The molecule has 0 bridgehead atoms. The third kappa shape index (κ3) is 11.1. The molecule has 0 amide bonds. The fraction of sp³-hybridized carbons (Fsp3) is 0.905. The van der Waals surface area contributed by atoms with Crippen molar-refractivity contribution in [2.75, 3.05) is 28.3 Å². The Balaban J connectivity index is 2.28. The first kappa shape index (κ1) is 50.1. The number of esters is 3. The largest absolute Gasteiger partial charge is 0.459 e. The van der Waals surface area contributed by atoms with E-state index in [0.29, 0.717) is 6.42 Å². The number of aliphatic hydroxyl groups excluding tert-OH is 1. The van der Waals surface area contributed by atoms with Gasteiger partial charge < -0.3 is 57.7 Å². The number of nitrogens with zero attached hydrogens (tertiary/aromatic N) is 1. The van der Waals surface area contributed by atoms with Gasteiger partial charge in [-0.15, -0.1) is 0 Å². The van der Waals surface area contributed by atoms with Crippen molar-refractivity contribution >= 4 is 23.7 Å². The molecule has 0 radical (unpaired) electrons. The lowest BCUT2D eigenvalue weighted by molar-refractivity contribution is -0.320. The van der Waals surface area contributed by atoms with Crippen molar-refractivity contribution in [1.29, 1.82) is 0 Å². The summed E-state index contributed by atoms with van der Waals surface area (Å²) in [6.07, 6.45) is -8.86. The monoisotopic (exact) mass is 831 g/mol. The van der Waals surface area contributed by atoms with Crippen LogP contribution in [0.25, 0.3) is 0 Å². The number of aliphatic hydroxyl groups is 2. The van der Waals surface area contributed by atoms with E-state index >= 15 is 0 Å². The maximum absolute atomic E-state index is 14.4. The first-order valence-electron chi connectivity index (χ1n) is 20.7. The molecule has 16 heteroatoms. The summed E-state index contributed by atoms with van der Waals surface area (Å²) in [7, 11) is 6.76. The van der Waals surface area contributed by atoms with Crippen LogP contribution in [0.4, 0.5) is 0 Å². The number of hydrogen-bond acceptors (Lipinski definition) is 16. The molecule has 336 valence electrons. The van der Waals surface area contributed by atoms with E-state index in [2.05, 4.69) is 0 Å². The lowest BCUT2D eigenvalue weighted by Crippen LogP contribution is -2.62. The van der Waals surface area contributed by atoms with Crippen LogP contribution >= 0.6 is 0 Å². The average Bonchev–Trinajstić information content (AvgIpc) is 3.14. The maximum atomic E-state index is 14.4. The molecule has 0 aliphatic carbocycles. The molecular weight excluding hydrogens is 758 g/mol. The predicted molar refractivity (Wildman–Crippen MR) is 210 cm³/mol. The second-order valence-corrected chi connectivity index (χ2v) is 17.8. The van der Waals surface area contributed by atoms with Gasteiger partial charge in [-0.2, -0.15) is 0 Å². The lowest BCUT2D eigenvalue weighted by Gasteiger charge is -2.50. The molecule has 0 unspecified atom stereocenters. The van der Waals surface area contributed by atoms with Gasteiger partial charge >= 0.3 is 17.9 Å². The van der Waals surface area contributed by atoms with Crippen molar-refractivity contribution < 1.29 is 72.0 Å². The zero-order valence-electron chi connectivity index (χ0n) is 37.6. The van der Waals surface area contributed by atoms with Gasteiger partial charge in [0.25, 0.3) is 0 Å². The van der Waals surface area contributed by atoms with Crippen LogP contribution in [-0.4, -0.2) is 151 Å². The normalized spacial score (nSPS) is 44.9. The van der Waals surface area contributed by atoms with Crippen molar-refractivity contribution in [3.8, 4) is 0 Å². The van der Waals surface area contributed by atoms with Crippen LogP contribution in [0, 0.1) is 23.7 Å². The highest BCUT2D eigenvalue weighted by atomic mass is 16.7. The van der Waals surface area contributed by atoms with Gasteiger partial charge in [-0.25, -0.2) is 0 Å². The Bertz CT molecular complexity index is 1410. The summed E-state index contributed by atoms with van der Waals surface area (Å²) >= 11 is 0. The number of carbonyl (C=O) groups is 4. The molecule has 18 atom stereocenters. The standard InChI is InChI=1S/C42H73NO15/c1-17-30-42(12,49)35(47)23(4)32(46)21(2)19-40(10,50-15)36(58-39-34(54-27(8)44)29(43(13)14)18-22(3)52-39)24(5)33(25(6)38(48)56-30)57-31-20-41(11,51-16)37(26(7)53-31)55-28(9)45/h21-26,29-31,33-37,39,47,49H,17-20H2,1-16H3/t21-,22-,23-,24+,25-,26+,29+,30-,31+,33+,34-,35-,36-,37+,39+,40+,41-,42-/m1/s1. The molecule has 3 saturated heterocycles. The molecule has 0 aromatic rings. The highest BCUT2D eigenvalue weighted by Crippen LogP contribution is 2.42. The van der Waals surface area contributed by atoms with E-state index in [9.17, 15) is 29.4 Å². The van der Waals surface area contributed by atoms with Crippen molar-refractivity contribution in [2.45, 2.75) is 193 Å². The highest BCUT2D eigenvalue weighted by molar-refractivity contribution is 5.83. The van der Waals surface area contributed by atoms with Gasteiger partial charge in [0.1, 0.15) is 23.1 Å². The Labute approximate surface area is 345 Å². The summed E-state index contributed by atoms with van der Waals surface area (Å²) in [5.41, 5.74) is -4.37. The van der Waals surface area contributed by atoms with Crippen molar-refractivity contribution in [1.82, 2.24) is 4.90 Å². The number of rotatable bonds is 10. The lowest BCUT2D eigenvalue weighted by atomic mass is 9.74. The second kappa shape index (κ2) is 20.1. The molecule has 3 aliphatic heterocycles. The number of ketones is 1. The first-order chi connectivity index (χ1) is 26.8. The van der Waals surface area contributed by atoms with Crippen LogP contribution in [0.3, 0.4) is 0 Å². The number of methoxy groups -OCH3 is 2. The van der Waals surface area contributed by atoms with E-state index in [1.165, 1.54) is 35.0 Å². The van der Waals surface area contributed by atoms with E-state index in [4.69, 9.17) is 42.6 Å². The van der Waals surface area contributed by atoms with Crippen LogP contribution in [0.1, 0.15) is 109 Å². The van der Waals surface area contributed by atoms with Crippen LogP contribution in [-0.2, 0) is 61.8 Å². The summed E-state index contributed by atoms with van der Waals surface area (Å²) in [6, 6.07) is -0.295. The van der Waals surface area contributed by atoms with Gasteiger partial charge in [0.05, 0.1) is 48.1 Å². The Morgan fingerprint density at radius 3 is 1.91 bits per heavy atom. The molecule has 16 nitrogen and oxygen atoms in total. The topological polar surface area (TPSA) is 195 Å². The van der Waals surface area contributed by atoms with E-state index in [0.717, 1.165) is 0 Å². The Morgan fingerprint density at radius 1 is 0.828 bits per heavy atom. The van der Waals surface area contributed by atoms with Gasteiger partial charge in [0.15, 0.2) is 24.8 Å². The molecule has 3 rings (SSSR count). The van der Waals surface area contributed by atoms with E-state index < -0.39 is 114 Å². The minimum atomic E-state index is -2.00. The number of carbonyl (C=O) groups excluding carboxylic acids is 4. The number of hydrogen-bond donors (Lipinski definition) is 2. The van der Waals surface area contributed by atoms with Gasteiger partial charge in [0.2, 0.25) is 0 Å². The Hall–Kier alpha value is -2.28. The summed E-state index contributed by atoms with van der Waals surface area (Å²) in [4.78, 5) is 55.1. The molecule has 3 aliphatic rings. The van der Waals surface area contributed by atoms with Crippen LogP contribution in [0.5, 0.6) is 0 Å². The summed E-state index contributed by atoms with van der Waals surface area (Å²) in [5.74, 6) is -5.76. The zero-order valence-corrected chi connectivity index (χ0v) is 37.6. The minimum Gasteiger partial charge on any atom is -0.459 e. The van der Waals surface area contributed by atoms with Gasteiger partial charge in [-0.1, -0.05) is 27.7 Å². The SMILES string of the molecule is CC[C@H]1OC(=O)[C@H](C)[C@@H](O[C@H]2C[C@@](C)(OC)[C@@H](OC(C)=O)[C@H](C)O2)[C@H](C)[C@@H](O[C@@H]2O[C@H](C)C[C@H](N(C)C)[C@H]2OC(C)=O)[C@@](C)(OC)C[C@@H](C)C(=O)[C@@H](C)[C@@H](O)[C@]1(C)O. The second-order valence-electron chi connectivity index (χ2n) is 17.8. The molecule has 0 saturated carbocycles. The quantitative estimate of drug-likeness (QED) is 0.239. The minimum absolute atomic E-state index is 0.0691. The molecule has 0 spiro atoms. The Morgan fingerprint density at radius 2 is 1.40 bits per heavy atom. The van der Waals surface area contributed by atoms with Gasteiger partial charge in [-0.05, 0) is 74.9 Å². The fourth-order valence-electron chi connectivity index (χ4n) is 9.27. The van der Waals surface area contributed by atoms with E-state index in [1.807, 2.05) is 32.8 Å². The summed E-state index contributed by atoms with van der Waals surface area (Å²) in [6.45, 7) is 19.6. The van der Waals surface area contributed by atoms with Crippen molar-refractivity contribution in [2.24, 2.45) is 23.7 Å². The number of likely N-dealkylation sites (N-methyl/N-ethyl adjacent to an activating group) is 1. The number of ether oxygens (including phenoxy) is 9.